The number of nitrogens with one attached hydrogen (secondary N) is 1. The molecule has 2 aliphatic rings. The van der Waals surface area contributed by atoms with E-state index in [0.717, 1.165) is 36.8 Å². The Kier molecular flexibility index (Phi) is 6.55. The molecule has 36 heavy (non-hydrogen) atoms. The topological polar surface area (TPSA) is 82.9 Å². The number of fused-ring (bicyclic) bond motifs is 3. The van der Waals surface area contributed by atoms with E-state index in [1.165, 1.54) is 4.74 Å². The molecule has 1 N–H and O–H groups in total. The highest BCUT2D eigenvalue weighted by Crippen LogP contribution is 2.44. The molecule has 1 heterocycles. The zero-order chi connectivity index (χ0) is 25.2. The lowest BCUT2D eigenvalue weighted by molar-refractivity contribution is -0.510. The number of hydrogen-bond donors (Lipinski definition) is 1. The Balaban J connectivity index is 1.55. The number of nitrogens with zero attached hydrogens (tertiary/aromatic N) is 1. The van der Waals surface area contributed by atoms with Crippen LogP contribution in [0.1, 0.15) is 58.6 Å². The zero-order valence-corrected chi connectivity index (χ0v) is 20.7. The fourth-order valence-electron chi connectivity index (χ4n) is 5.41. The van der Waals surface area contributed by atoms with Crippen molar-refractivity contribution in [3.05, 3.63) is 88.1 Å². The van der Waals surface area contributed by atoms with E-state index < -0.39 is 0 Å². The van der Waals surface area contributed by atoms with Gasteiger partial charge < -0.3 is 24.7 Å². The molecule has 7 heteroatoms. The molecular formula is C29H30N2O5. The van der Waals surface area contributed by atoms with Crippen LogP contribution in [0.4, 0.5) is 5.69 Å². The van der Waals surface area contributed by atoms with Crippen LogP contribution in [0.25, 0.3) is 0 Å². The second-order valence-corrected chi connectivity index (χ2v) is 9.19. The molecule has 2 atom stereocenters. The van der Waals surface area contributed by atoms with Crippen LogP contribution >= 0.6 is 0 Å². The van der Waals surface area contributed by atoms with Crippen molar-refractivity contribution >= 4 is 17.3 Å². The van der Waals surface area contributed by atoms with Gasteiger partial charge in [-0.25, -0.2) is 4.74 Å². The highest BCUT2D eigenvalue weighted by Gasteiger charge is 2.42. The molecule has 3 aromatic rings. The van der Waals surface area contributed by atoms with E-state index in [4.69, 9.17) is 14.2 Å². The fourth-order valence-corrected chi connectivity index (χ4v) is 5.41. The van der Waals surface area contributed by atoms with Crippen LogP contribution in [-0.2, 0) is 0 Å². The second kappa shape index (κ2) is 9.93. The number of hydrogen-bond acceptors (Lipinski definition) is 5. The van der Waals surface area contributed by atoms with Crippen LogP contribution in [0.15, 0.2) is 60.7 Å². The number of hydroxylamine groups is 1. The number of rotatable bonds is 6. The molecule has 5 rings (SSSR count). The van der Waals surface area contributed by atoms with E-state index in [9.17, 15) is 10.0 Å². The van der Waals surface area contributed by atoms with Crippen molar-refractivity contribution in [2.24, 2.45) is 0 Å². The number of ether oxygens (including phenoxy) is 3. The third-order valence-electron chi connectivity index (χ3n) is 7.21. The number of amides is 1. The highest BCUT2D eigenvalue weighted by molar-refractivity contribution is 6.13. The van der Waals surface area contributed by atoms with Gasteiger partial charge >= 0.3 is 0 Å². The van der Waals surface area contributed by atoms with Gasteiger partial charge in [0, 0.05) is 29.2 Å². The summed E-state index contributed by atoms with van der Waals surface area (Å²) in [4.78, 5) is 13.1. The number of benzene rings is 3. The van der Waals surface area contributed by atoms with Crippen molar-refractivity contribution in [3.8, 4) is 17.2 Å². The summed E-state index contributed by atoms with van der Waals surface area (Å²) < 4.78 is 17.5. The minimum absolute atomic E-state index is 0.136. The molecule has 0 spiro atoms. The monoisotopic (exact) mass is 486 g/mol. The predicted octanol–water partition coefficient (Wildman–Crippen LogP) is 5.35. The Hall–Kier alpha value is -4.00. The lowest BCUT2D eigenvalue weighted by Crippen LogP contribution is -2.41. The first-order chi connectivity index (χ1) is 17.5. The number of carbonyl (C=O) groups is 1. The maximum atomic E-state index is 13.8. The fraction of sp³-hybridized carbons (Fsp3) is 0.310. The lowest BCUT2D eigenvalue weighted by Gasteiger charge is -2.36. The van der Waals surface area contributed by atoms with Crippen LogP contribution in [-0.4, -0.2) is 43.7 Å². The summed E-state index contributed by atoms with van der Waals surface area (Å²) in [5, 5.41) is 16.7. The molecule has 1 aliphatic heterocycles. The molecule has 1 fully saturated rings. The first kappa shape index (κ1) is 23.7. The largest absolute Gasteiger partial charge is 0.623 e. The molecular weight excluding hydrogens is 456 g/mol. The van der Waals surface area contributed by atoms with Gasteiger partial charge in [-0.1, -0.05) is 12.5 Å². The zero-order valence-electron chi connectivity index (χ0n) is 20.7. The second-order valence-electron chi connectivity index (χ2n) is 9.19. The van der Waals surface area contributed by atoms with Gasteiger partial charge in [0.25, 0.3) is 5.91 Å². The van der Waals surface area contributed by atoms with Crippen molar-refractivity contribution < 1.29 is 23.7 Å². The third-order valence-corrected chi connectivity index (χ3v) is 7.21. The predicted molar refractivity (Wildman–Crippen MR) is 139 cm³/mol. The van der Waals surface area contributed by atoms with Gasteiger partial charge in [0.15, 0.2) is 17.5 Å². The van der Waals surface area contributed by atoms with Crippen molar-refractivity contribution in [1.82, 2.24) is 0 Å². The number of carbonyl (C=O) groups excluding carboxylic acids is 1. The molecule has 0 bridgehead atoms. The van der Waals surface area contributed by atoms with E-state index in [-0.39, 0.29) is 17.9 Å². The highest BCUT2D eigenvalue weighted by atomic mass is 16.5. The van der Waals surface area contributed by atoms with Crippen molar-refractivity contribution in [1.29, 1.82) is 0 Å². The van der Waals surface area contributed by atoms with E-state index in [1.807, 2.05) is 24.3 Å². The normalized spacial score (nSPS) is 18.6. The average Bonchev–Trinajstić information content (AvgIpc) is 2.93. The Bertz CT molecular complexity index is 1320. The minimum atomic E-state index is -0.251. The van der Waals surface area contributed by atoms with Gasteiger partial charge in [0.05, 0.1) is 26.9 Å². The van der Waals surface area contributed by atoms with Gasteiger partial charge in [-0.05, 0) is 73.0 Å². The van der Waals surface area contributed by atoms with E-state index in [0.29, 0.717) is 39.8 Å². The molecule has 3 aromatic carbocycles. The lowest BCUT2D eigenvalue weighted by atomic mass is 9.74. The quantitative estimate of drug-likeness (QED) is 0.375. The van der Waals surface area contributed by atoms with Crippen LogP contribution in [0, 0.1) is 5.21 Å². The van der Waals surface area contributed by atoms with Crippen LogP contribution in [0.3, 0.4) is 0 Å². The molecule has 1 saturated carbocycles. The van der Waals surface area contributed by atoms with Crippen LogP contribution in [0.5, 0.6) is 17.2 Å². The molecule has 0 aromatic heterocycles. The molecule has 2 unspecified atom stereocenters. The molecule has 1 aliphatic carbocycles. The first-order valence-corrected chi connectivity index (χ1v) is 12.2. The van der Waals surface area contributed by atoms with Gasteiger partial charge in [0.2, 0.25) is 5.71 Å². The van der Waals surface area contributed by atoms with Crippen molar-refractivity contribution in [2.45, 2.75) is 37.6 Å². The van der Waals surface area contributed by atoms with E-state index in [2.05, 4.69) is 5.32 Å². The van der Waals surface area contributed by atoms with Gasteiger partial charge in [-0.2, -0.15) is 0 Å². The standard InChI is InChI=1S/C29H30N2O5/c1-34-21-13-11-20(12-14-21)30-29(32)19-8-6-7-18(15-19)28-24-17-27(36-3)26(35-2)16-23(24)22-9-4-5-10-25(22)31(28)33/h6-8,11-17,22,25H,4-5,9-10H2,1-3H3,(H,30,32). The van der Waals surface area contributed by atoms with Gasteiger partial charge in [-0.3, -0.25) is 4.79 Å². The minimum Gasteiger partial charge on any atom is -0.623 e. The van der Waals surface area contributed by atoms with Crippen LogP contribution < -0.4 is 19.5 Å². The van der Waals surface area contributed by atoms with Gasteiger partial charge in [0.1, 0.15) is 5.75 Å². The molecule has 0 saturated heterocycles. The third kappa shape index (κ3) is 4.26. The summed E-state index contributed by atoms with van der Waals surface area (Å²) in [5.74, 6) is 1.83. The maximum absolute atomic E-state index is 13.8. The summed E-state index contributed by atoms with van der Waals surface area (Å²) in [6.45, 7) is 0. The van der Waals surface area contributed by atoms with Crippen LogP contribution in [0.2, 0.25) is 0 Å². The summed E-state index contributed by atoms with van der Waals surface area (Å²) in [6, 6.07) is 18.1. The Labute approximate surface area is 210 Å². The Morgan fingerprint density at radius 2 is 1.64 bits per heavy atom. The molecule has 1 amide bonds. The maximum Gasteiger partial charge on any atom is 0.255 e. The Morgan fingerprint density at radius 1 is 0.917 bits per heavy atom. The van der Waals surface area contributed by atoms with Gasteiger partial charge in [-0.15, -0.1) is 0 Å². The van der Waals surface area contributed by atoms with Crippen molar-refractivity contribution in [2.75, 3.05) is 26.6 Å². The van der Waals surface area contributed by atoms with E-state index in [1.54, 1.807) is 57.7 Å². The van der Waals surface area contributed by atoms with Crippen molar-refractivity contribution in [3.63, 3.8) is 0 Å². The molecule has 186 valence electrons. The number of anilines is 1. The molecule has 0 radical (unpaired) electrons. The summed E-state index contributed by atoms with van der Waals surface area (Å²) in [5.41, 5.74) is 4.33. The summed E-state index contributed by atoms with van der Waals surface area (Å²) >= 11 is 0. The van der Waals surface area contributed by atoms with E-state index >= 15 is 0 Å². The molecule has 7 nitrogen and oxygen atoms in total. The Morgan fingerprint density at radius 3 is 2.36 bits per heavy atom. The summed E-state index contributed by atoms with van der Waals surface area (Å²) in [7, 11) is 4.82. The first-order valence-electron chi connectivity index (χ1n) is 12.2. The number of methoxy groups -OCH3 is 3. The summed E-state index contributed by atoms with van der Waals surface area (Å²) in [6.07, 6.45) is 3.92. The SMILES string of the molecule is COc1ccc(NC(=O)c2cccc(C3=[N+]([O-])C4CCCCC4c4cc(OC)c(OC)cc43)c2)cc1. The smallest absolute Gasteiger partial charge is 0.255 e. The average molecular weight is 487 g/mol.